The van der Waals surface area contributed by atoms with E-state index in [4.69, 9.17) is 9.47 Å². The van der Waals surface area contributed by atoms with Gasteiger partial charge in [-0.1, -0.05) is 12.2 Å². The molecule has 154 valence electrons. The molecule has 0 aliphatic carbocycles. The molecule has 3 rings (SSSR count). The summed E-state index contributed by atoms with van der Waals surface area (Å²) in [7, 11) is 5.14. The highest BCUT2D eigenvalue weighted by atomic mass is 16.5. The Morgan fingerprint density at radius 1 is 1.28 bits per heavy atom. The number of benzene rings is 1. The maximum absolute atomic E-state index is 12.6. The van der Waals surface area contributed by atoms with Gasteiger partial charge in [0.2, 0.25) is 0 Å². The van der Waals surface area contributed by atoms with Crippen LogP contribution in [0.2, 0.25) is 0 Å². The highest BCUT2D eigenvalue weighted by Crippen LogP contribution is 2.30. The number of aliphatic imine (C=N–C) groups is 1. The van der Waals surface area contributed by atoms with Crippen LogP contribution in [0.4, 0.5) is 0 Å². The number of fused-ring (bicyclic) bond motifs is 1. The van der Waals surface area contributed by atoms with Gasteiger partial charge in [0.25, 0.3) is 5.91 Å². The number of amides is 1. The number of imidazole rings is 1. The van der Waals surface area contributed by atoms with Gasteiger partial charge < -0.3 is 18.9 Å². The Balaban J connectivity index is 2.06. The monoisotopic (exact) mass is 396 g/mol. The Morgan fingerprint density at radius 3 is 2.79 bits per heavy atom. The molecule has 1 aromatic heterocycles. The third-order valence-corrected chi connectivity index (χ3v) is 4.85. The molecular formula is C22H28N4O3. The van der Waals surface area contributed by atoms with E-state index in [9.17, 15) is 4.79 Å². The first-order valence-corrected chi connectivity index (χ1v) is 9.65. The van der Waals surface area contributed by atoms with Crippen LogP contribution in [0.15, 0.2) is 40.5 Å². The van der Waals surface area contributed by atoms with E-state index in [0.29, 0.717) is 31.1 Å². The number of rotatable bonds is 7. The number of hydrogen-bond acceptors (Lipinski definition) is 5. The van der Waals surface area contributed by atoms with Crippen LogP contribution in [0.5, 0.6) is 5.75 Å². The van der Waals surface area contributed by atoms with Crippen molar-refractivity contribution in [1.29, 1.82) is 0 Å². The molecule has 0 radical (unpaired) electrons. The maximum Gasteiger partial charge on any atom is 0.253 e. The zero-order valence-electron chi connectivity index (χ0n) is 17.7. The number of carbonyl (C=O) groups is 1. The van der Waals surface area contributed by atoms with Crippen molar-refractivity contribution in [1.82, 2.24) is 14.5 Å². The molecule has 0 saturated heterocycles. The summed E-state index contributed by atoms with van der Waals surface area (Å²) >= 11 is 0. The number of nitrogens with zero attached hydrogens (tertiary/aromatic N) is 4. The van der Waals surface area contributed by atoms with Gasteiger partial charge >= 0.3 is 0 Å². The van der Waals surface area contributed by atoms with Gasteiger partial charge in [-0.3, -0.25) is 9.79 Å². The van der Waals surface area contributed by atoms with Gasteiger partial charge in [0.1, 0.15) is 23.7 Å². The van der Waals surface area contributed by atoms with E-state index in [1.165, 1.54) is 0 Å². The first kappa shape index (κ1) is 20.8. The second-order valence-electron chi connectivity index (χ2n) is 7.21. The van der Waals surface area contributed by atoms with Gasteiger partial charge in [-0.15, -0.1) is 0 Å². The normalized spacial score (nSPS) is 13.8. The molecule has 29 heavy (non-hydrogen) atoms. The predicted molar refractivity (Wildman–Crippen MR) is 115 cm³/mol. The SMILES string of the molecule is COCCn1c(C)nc2cc(C(=O)N(C)C)cc(OCC3=C(C)C=CCC=N3)c21. The Bertz CT molecular complexity index is 999. The number of allylic oxidation sites excluding steroid dienone is 3. The molecule has 7 nitrogen and oxygen atoms in total. The smallest absolute Gasteiger partial charge is 0.253 e. The van der Waals surface area contributed by atoms with Gasteiger partial charge in [-0.05, 0) is 31.6 Å². The summed E-state index contributed by atoms with van der Waals surface area (Å²) in [5, 5.41) is 0. The summed E-state index contributed by atoms with van der Waals surface area (Å²) in [6.07, 6.45) is 6.81. The molecule has 0 bridgehead atoms. The molecule has 2 aromatic rings. The molecule has 1 aliphatic heterocycles. The highest BCUT2D eigenvalue weighted by Gasteiger charge is 2.19. The molecule has 0 spiro atoms. The van der Waals surface area contributed by atoms with Crippen molar-refractivity contribution in [2.75, 3.05) is 34.4 Å². The lowest BCUT2D eigenvalue weighted by Crippen LogP contribution is -2.21. The lowest BCUT2D eigenvalue weighted by atomic mass is 10.1. The van der Waals surface area contributed by atoms with Crippen molar-refractivity contribution in [2.45, 2.75) is 26.8 Å². The first-order valence-electron chi connectivity index (χ1n) is 9.65. The van der Waals surface area contributed by atoms with Crippen molar-refractivity contribution in [3.63, 3.8) is 0 Å². The molecule has 1 aromatic carbocycles. The van der Waals surface area contributed by atoms with Crippen LogP contribution >= 0.6 is 0 Å². The molecule has 0 N–H and O–H groups in total. The topological polar surface area (TPSA) is 69.0 Å². The van der Waals surface area contributed by atoms with E-state index in [0.717, 1.165) is 34.5 Å². The minimum absolute atomic E-state index is 0.0911. The van der Waals surface area contributed by atoms with Crippen molar-refractivity contribution in [3.8, 4) is 5.75 Å². The van der Waals surface area contributed by atoms with Gasteiger partial charge in [-0.25, -0.2) is 4.98 Å². The summed E-state index contributed by atoms with van der Waals surface area (Å²) in [4.78, 5) is 23.3. The minimum atomic E-state index is -0.0911. The van der Waals surface area contributed by atoms with Crippen LogP contribution in [-0.2, 0) is 11.3 Å². The van der Waals surface area contributed by atoms with Gasteiger partial charge in [0.05, 0.1) is 17.8 Å². The van der Waals surface area contributed by atoms with Crippen LogP contribution in [0.1, 0.15) is 29.5 Å². The van der Waals surface area contributed by atoms with Crippen LogP contribution in [-0.4, -0.2) is 61.0 Å². The van der Waals surface area contributed by atoms with Crippen molar-refractivity contribution < 1.29 is 14.3 Å². The van der Waals surface area contributed by atoms with Crippen LogP contribution in [0, 0.1) is 6.92 Å². The maximum atomic E-state index is 12.6. The standard InChI is InChI=1S/C22H28N4O3/c1-15-8-6-7-9-23-19(15)14-29-20-13-17(22(27)25(3)4)12-18-21(20)26(10-11-28-5)16(2)24-18/h6,8-9,12-13H,7,10-11,14H2,1-5H3. The number of carbonyl (C=O) groups excluding carboxylic acids is 1. The average molecular weight is 396 g/mol. The van der Waals surface area contributed by atoms with E-state index >= 15 is 0 Å². The molecule has 0 fully saturated rings. The zero-order chi connectivity index (χ0) is 21.0. The third-order valence-electron chi connectivity index (χ3n) is 4.85. The average Bonchev–Trinajstić information content (AvgIpc) is 2.86. The zero-order valence-corrected chi connectivity index (χ0v) is 17.7. The summed E-state index contributed by atoms with van der Waals surface area (Å²) in [6.45, 7) is 5.49. The van der Waals surface area contributed by atoms with E-state index in [2.05, 4.69) is 26.7 Å². The molecular weight excluding hydrogens is 368 g/mol. The summed E-state index contributed by atoms with van der Waals surface area (Å²) in [5.41, 5.74) is 4.08. The number of ether oxygens (including phenoxy) is 2. The summed E-state index contributed by atoms with van der Waals surface area (Å²) < 4.78 is 13.5. The van der Waals surface area contributed by atoms with Crippen LogP contribution < -0.4 is 4.74 Å². The van der Waals surface area contributed by atoms with Gasteiger partial charge in [0.15, 0.2) is 0 Å². The first-order chi connectivity index (χ1) is 13.9. The molecule has 0 saturated carbocycles. The molecule has 1 aliphatic rings. The Labute approximate surface area is 171 Å². The Morgan fingerprint density at radius 2 is 2.07 bits per heavy atom. The van der Waals surface area contributed by atoms with Gasteiger partial charge in [-0.2, -0.15) is 0 Å². The Kier molecular flexibility index (Phi) is 6.49. The number of aromatic nitrogens is 2. The van der Waals surface area contributed by atoms with Crippen LogP contribution in [0.25, 0.3) is 11.0 Å². The second kappa shape index (κ2) is 9.05. The van der Waals surface area contributed by atoms with Crippen molar-refractivity contribution in [2.24, 2.45) is 4.99 Å². The molecule has 0 unspecified atom stereocenters. The fourth-order valence-corrected chi connectivity index (χ4v) is 3.26. The van der Waals surface area contributed by atoms with E-state index in [-0.39, 0.29) is 5.91 Å². The number of methoxy groups -OCH3 is 1. The largest absolute Gasteiger partial charge is 0.485 e. The van der Waals surface area contributed by atoms with Crippen molar-refractivity contribution in [3.05, 3.63) is 46.9 Å². The number of aryl methyl sites for hydroxylation is 1. The fourth-order valence-electron chi connectivity index (χ4n) is 3.26. The molecule has 7 heteroatoms. The second-order valence-corrected chi connectivity index (χ2v) is 7.21. The number of hydrogen-bond donors (Lipinski definition) is 0. The highest BCUT2D eigenvalue weighted by molar-refractivity contribution is 5.99. The van der Waals surface area contributed by atoms with Gasteiger partial charge in [0, 0.05) is 45.9 Å². The fraction of sp³-hybridized carbons (Fsp3) is 0.409. The lowest BCUT2D eigenvalue weighted by molar-refractivity contribution is 0.0827. The summed E-state index contributed by atoms with van der Waals surface area (Å²) in [5.74, 6) is 1.38. The minimum Gasteiger partial charge on any atom is -0.485 e. The Hall–Kier alpha value is -2.93. The third kappa shape index (κ3) is 4.56. The van der Waals surface area contributed by atoms with E-state index in [1.807, 2.05) is 26.1 Å². The predicted octanol–water partition coefficient (Wildman–Crippen LogP) is 3.38. The van der Waals surface area contributed by atoms with Crippen LogP contribution in [0.3, 0.4) is 0 Å². The quantitative estimate of drug-likeness (QED) is 0.720. The summed E-state index contributed by atoms with van der Waals surface area (Å²) in [6, 6.07) is 3.61. The molecule has 1 amide bonds. The van der Waals surface area contributed by atoms with E-state index in [1.54, 1.807) is 32.2 Å². The lowest BCUT2D eigenvalue weighted by Gasteiger charge is -2.15. The van der Waals surface area contributed by atoms with E-state index < -0.39 is 0 Å². The molecule has 2 heterocycles. The van der Waals surface area contributed by atoms with Crippen molar-refractivity contribution >= 4 is 23.2 Å². The molecule has 0 atom stereocenters.